The Balaban J connectivity index is 1.74. The summed E-state index contributed by atoms with van der Waals surface area (Å²) in [7, 11) is -2.37. The zero-order valence-electron chi connectivity index (χ0n) is 19.2. The molecule has 1 aromatic carbocycles. The van der Waals surface area contributed by atoms with Crippen molar-refractivity contribution < 1.29 is 23.1 Å². The van der Waals surface area contributed by atoms with Crippen LogP contribution >= 0.6 is 11.3 Å². The molecule has 182 valence electrons. The number of thiazole rings is 1. The van der Waals surface area contributed by atoms with Crippen LogP contribution in [-0.2, 0) is 14.8 Å². The number of carbonyl (C=O) groups excluding carboxylic acids is 1. The highest BCUT2D eigenvalue weighted by Crippen LogP contribution is 2.36. The van der Waals surface area contributed by atoms with Crippen LogP contribution < -0.4 is 14.8 Å². The van der Waals surface area contributed by atoms with E-state index in [0.717, 1.165) is 17.0 Å². The van der Waals surface area contributed by atoms with Crippen LogP contribution in [-0.4, -0.2) is 44.7 Å². The predicted octanol–water partition coefficient (Wildman–Crippen LogP) is 4.09. The summed E-state index contributed by atoms with van der Waals surface area (Å²) in [6.07, 6.45) is 7.42. The average molecular weight is 496 g/mol. The van der Waals surface area contributed by atoms with Gasteiger partial charge in [-0.2, -0.15) is 0 Å². The van der Waals surface area contributed by atoms with Crippen molar-refractivity contribution in [1.82, 2.24) is 9.71 Å². The Kier molecular flexibility index (Phi) is 9.25. The number of methoxy groups -OCH3 is 1. The lowest BCUT2D eigenvalue weighted by atomic mass is 10.0. The van der Waals surface area contributed by atoms with Gasteiger partial charge in [-0.3, -0.25) is 4.79 Å². The average Bonchev–Trinajstić information content (AvgIpc) is 3.44. The number of carbonyl (C=O) groups is 1. The maximum atomic E-state index is 12.9. The summed E-state index contributed by atoms with van der Waals surface area (Å²) in [6.45, 7) is 2.09. The lowest BCUT2D eigenvalue weighted by molar-refractivity contribution is -0.116. The number of sulfonamides is 1. The summed E-state index contributed by atoms with van der Waals surface area (Å²) in [6, 6.07) is 4.98. The van der Waals surface area contributed by atoms with E-state index in [-0.39, 0.29) is 29.7 Å². The molecule has 1 amide bonds. The van der Waals surface area contributed by atoms with Crippen molar-refractivity contribution in [1.29, 1.82) is 0 Å². The lowest BCUT2D eigenvalue weighted by Crippen LogP contribution is -2.25. The van der Waals surface area contributed by atoms with E-state index in [1.54, 1.807) is 18.2 Å². The highest BCUT2D eigenvalue weighted by molar-refractivity contribution is 7.89. The highest BCUT2D eigenvalue weighted by atomic mass is 32.2. The molecule has 0 atom stereocenters. The van der Waals surface area contributed by atoms with Gasteiger partial charge in [-0.05, 0) is 55.9 Å². The van der Waals surface area contributed by atoms with Gasteiger partial charge in [0.05, 0.1) is 17.7 Å². The number of aromatic nitrogens is 1. The molecule has 0 unspecified atom stereocenters. The molecule has 0 saturated heterocycles. The fourth-order valence-corrected chi connectivity index (χ4v) is 6.33. The van der Waals surface area contributed by atoms with E-state index in [2.05, 4.69) is 15.0 Å². The molecule has 10 heteroatoms. The maximum absolute atomic E-state index is 12.9. The van der Waals surface area contributed by atoms with Crippen LogP contribution in [0.1, 0.15) is 57.1 Å². The molecule has 0 radical (unpaired) electrons. The minimum atomic E-state index is -3.80. The third kappa shape index (κ3) is 6.99. The molecular weight excluding hydrogens is 462 g/mol. The van der Waals surface area contributed by atoms with Crippen LogP contribution in [0.3, 0.4) is 0 Å². The Morgan fingerprint density at radius 1 is 1.27 bits per heavy atom. The lowest BCUT2D eigenvalue weighted by Gasteiger charge is -2.12. The topological polar surface area (TPSA) is 118 Å². The van der Waals surface area contributed by atoms with E-state index in [1.807, 2.05) is 6.92 Å². The van der Waals surface area contributed by atoms with E-state index in [9.17, 15) is 13.2 Å². The van der Waals surface area contributed by atoms with E-state index >= 15 is 0 Å². The number of benzene rings is 1. The van der Waals surface area contributed by atoms with Gasteiger partial charge in [0.2, 0.25) is 15.9 Å². The quantitative estimate of drug-likeness (QED) is 0.382. The van der Waals surface area contributed by atoms with Gasteiger partial charge in [-0.25, -0.2) is 18.1 Å². The second-order valence-electron chi connectivity index (χ2n) is 8.37. The van der Waals surface area contributed by atoms with Crippen LogP contribution in [0.4, 0.5) is 5.13 Å². The molecule has 2 aromatic rings. The first kappa shape index (κ1) is 25.6. The summed E-state index contributed by atoms with van der Waals surface area (Å²) in [5, 5.41) is 12.3. The second kappa shape index (κ2) is 11.9. The fraction of sp³-hybridized carbons (Fsp3) is 0.565. The summed E-state index contributed by atoms with van der Waals surface area (Å²) < 4.78 is 33.5. The van der Waals surface area contributed by atoms with Crippen molar-refractivity contribution in [3.05, 3.63) is 23.9 Å². The number of aliphatic hydroxyl groups is 1. The van der Waals surface area contributed by atoms with Gasteiger partial charge >= 0.3 is 0 Å². The maximum Gasteiger partial charge on any atom is 0.244 e. The van der Waals surface area contributed by atoms with Crippen LogP contribution in [0, 0.1) is 12.8 Å². The summed E-state index contributed by atoms with van der Waals surface area (Å²) in [4.78, 5) is 17.7. The zero-order valence-corrected chi connectivity index (χ0v) is 20.9. The molecule has 1 aliphatic rings. The van der Waals surface area contributed by atoms with Crippen LogP contribution in [0.2, 0.25) is 0 Å². The molecule has 3 rings (SSSR count). The Morgan fingerprint density at radius 2 is 2.03 bits per heavy atom. The summed E-state index contributed by atoms with van der Waals surface area (Å²) in [5.74, 6) is 0.865. The Bertz CT molecular complexity index is 1050. The van der Waals surface area contributed by atoms with Crippen LogP contribution in [0.15, 0.2) is 23.1 Å². The summed E-state index contributed by atoms with van der Waals surface area (Å²) >= 11 is 1.33. The molecule has 1 aromatic heterocycles. The first-order valence-electron chi connectivity index (χ1n) is 11.4. The number of aliphatic hydroxyl groups excluding tert-OH is 1. The van der Waals surface area contributed by atoms with E-state index < -0.39 is 10.0 Å². The summed E-state index contributed by atoms with van der Waals surface area (Å²) in [5.41, 5.74) is 1.41. The van der Waals surface area contributed by atoms with Gasteiger partial charge < -0.3 is 15.2 Å². The third-order valence-corrected chi connectivity index (χ3v) is 8.49. The number of unbranched alkanes of at least 4 members (excludes halogenated alkanes) is 1. The number of anilines is 1. The Morgan fingerprint density at radius 3 is 2.73 bits per heavy atom. The number of amides is 1. The standard InChI is InChI=1S/C23H33N3O5S2/c1-16-22(32-23(25-16)26-21(28)12-9-17-7-3-4-8-17)18-10-11-19(31-2)20(15-18)33(29,30)24-13-5-6-14-27/h10-11,15,17,24,27H,3-9,12-14H2,1-2H3,(H,25,26,28). The number of hydrogen-bond acceptors (Lipinski definition) is 7. The molecule has 0 aliphatic heterocycles. The normalized spacial score (nSPS) is 14.5. The van der Waals surface area contributed by atoms with Gasteiger partial charge in [-0.15, -0.1) is 0 Å². The Labute approximate surface area is 199 Å². The smallest absolute Gasteiger partial charge is 0.244 e. The first-order valence-corrected chi connectivity index (χ1v) is 13.7. The van der Waals surface area contributed by atoms with Crippen molar-refractivity contribution in [3.63, 3.8) is 0 Å². The van der Waals surface area contributed by atoms with Crippen molar-refractivity contribution >= 4 is 32.4 Å². The first-order chi connectivity index (χ1) is 15.8. The number of nitrogens with one attached hydrogen (secondary N) is 2. The highest BCUT2D eigenvalue weighted by Gasteiger charge is 2.22. The molecular formula is C23H33N3O5S2. The number of aryl methyl sites for hydroxylation is 1. The molecule has 1 saturated carbocycles. The number of nitrogens with zero attached hydrogens (tertiary/aromatic N) is 1. The van der Waals surface area contributed by atoms with Gasteiger partial charge in [0, 0.05) is 19.6 Å². The van der Waals surface area contributed by atoms with Gasteiger partial charge in [0.25, 0.3) is 0 Å². The molecule has 8 nitrogen and oxygen atoms in total. The molecule has 33 heavy (non-hydrogen) atoms. The van der Waals surface area contributed by atoms with Crippen LogP contribution in [0.25, 0.3) is 10.4 Å². The molecule has 0 bridgehead atoms. The number of ether oxygens (including phenoxy) is 1. The minimum Gasteiger partial charge on any atom is -0.495 e. The van der Waals surface area contributed by atoms with Gasteiger partial charge in [0.1, 0.15) is 10.6 Å². The van der Waals surface area contributed by atoms with Crippen molar-refractivity contribution in [3.8, 4) is 16.2 Å². The predicted molar refractivity (Wildman–Crippen MR) is 130 cm³/mol. The Hall–Kier alpha value is -2.01. The molecule has 1 aliphatic carbocycles. The molecule has 1 fully saturated rings. The second-order valence-corrected chi connectivity index (χ2v) is 11.1. The van der Waals surface area contributed by atoms with E-state index in [1.165, 1.54) is 44.1 Å². The molecule has 3 N–H and O–H groups in total. The largest absolute Gasteiger partial charge is 0.495 e. The van der Waals surface area contributed by atoms with Crippen molar-refractivity contribution in [2.75, 3.05) is 25.6 Å². The van der Waals surface area contributed by atoms with Gasteiger partial charge in [-0.1, -0.05) is 37.0 Å². The monoisotopic (exact) mass is 495 g/mol. The molecule has 0 spiro atoms. The van der Waals surface area contributed by atoms with E-state index in [4.69, 9.17) is 9.84 Å². The zero-order chi connectivity index (χ0) is 23.8. The molecule has 1 heterocycles. The fourth-order valence-electron chi connectivity index (χ4n) is 4.08. The van der Waals surface area contributed by atoms with E-state index in [0.29, 0.717) is 35.9 Å². The minimum absolute atomic E-state index is 0.0185. The SMILES string of the molecule is COc1ccc(-c2sc(NC(=O)CCC3CCCC3)nc2C)cc1S(=O)(=O)NCCCCO. The van der Waals surface area contributed by atoms with Crippen LogP contribution in [0.5, 0.6) is 5.75 Å². The third-order valence-electron chi connectivity index (χ3n) is 5.89. The number of rotatable bonds is 12. The number of hydrogen-bond donors (Lipinski definition) is 3. The van der Waals surface area contributed by atoms with Crippen molar-refractivity contribution in [2.45, 2.75) is 63.2 Å². The van der Waals surface area contributed by atoms with Crippen molar-refractivity contribution in [2.24, 2.45) is 5.92 Å². The van der Waals surface area contributed by atoms with Gasteiger partial charge in [0.15, 0.2) is 5.13 Å².